The summed E-state index contributed by atoms with van der Waals surface area (Å²) in [6.07, 6.45) is 5.58. The first kappa shape index (κ1) is 23.4. The summed E-state index contributed by atoms with van der Waals surface area (Å²) in [5.41, 5.74) is 4.11. The molecule has 0 aliphatic carbocycles. The molecular formula is C27H30N2O5. The highest BCUT2D eigenvalue weighted by atomic mass is 16.5. The van der Waals surface area contributed by atoms with Gasteiger partial charge in [0.15, 0.2) is 0 Å². The Morgan fingerprint density at radius 3 is 2.68 bits per heavy atom. The van der Waals surface area contributed by atoms with E-state index in [1.165, 1.54) is 0 Å². The Morgan fingerprint density at radius 2 is 1.94 bits per heavy atom. The number of carbonyl (C=O) groups is 2. The maximum Gasteiger partial charge on any atom is 0.244 e. The van der Waals surface area contributed by atoms with E-state index in [4.69, 9.17) is 13.9 Å². The molecule has 4 rings (SSSR count). The summed E-state index contributed by atoms with van der Waals surface area (Å²) in [4.78, 5) is 26.1. The summed E-state index contributed by atoms with van der Waals surface area (Å²) in [7, 11) is 3.24. The van der Waals surface area contributed by atoms with Crippen LogP contribution < -0.4 is 14.8 Å². The second-order valence-electron chi connectivity index (χ2n) is 8.35. The first-order chi connectivity index (χ1) is 16.5. The summed E-state index contributed by atoms with van der Waals surface area (Å²) in [6, 6.07) is 11.6. The van der Waals surface area contributed by atoms with E-state index in [2.05, 4.69) is 5.32 Å². The van der Waals surface area contributed by atoms with Crippen LogP contribution in [0.1, 0.15) is 31.7 Å². The monoisotopic (exact) mass is 462 g/mol. The van der Waals surface area contributed by atoms with Crippen molar-refractivity contribution in [2.75, 3.05) is 33.9 Å². The molecule has 2 heterocycles. The summed E-state index contributed by atoms with van der Waals surface area (Å²) in [6.45, 7) is 3.90. The number of fused-ring (bicyclic) bond motifs is 1. The van der Waals surface area contributed by atoms with Crippen LogP contribution in [0.25, 0.3) is 27.7 Å². The number of likely N-dealkylation sites (tertiary alicyclic amines) is 1. The number of allylic oxidation sites excluding steroid dienone is 1. The smallest absolute Gasteiger partial charge is 0.244 e. The number of methoxy groups -OCH3 is 2. The predicted molar refractivity (Wildman–Crippen MR) is 132 cm³/mol. The number of ether oxygens (including phenoxy) is 2. The van der Waals surface area contributed by atoms with E-state index in [0.29, 0.717) is 30.8 Å². The number of rotatable bonds is 9. The van der Waals surface area contributed by atoms with Gasteiger partial charge in [0, 0.05) is 60.3 Å². The van der Waals surface area contributed by atoms with Crippen LogP contribution >= 0.6 is 0 Å². The van der Waals surface area contributed by atoms with Crippen molar-refractivity contribution in [3.63, 3.8) is 0 Å². The van der Waals surface area contributed by atoms with Gasteiger partial charge in [-0.15, -0.1) is 0 Å². The Bertz CT molecular complexity index is 1230. The van der Waals surface area contributed by atoms with Crippen LogP contribution in [0.2, 0.25) is 0 Å². The molecule has 1 N–H and O–H groups in total. The molecule has 0 radical (unpaired) electrons. The lowest BCUT2D eigenvalue weighted by Crippen LogP contribution is -2.30. The third kappa shape index (κ3) is 4.93. The van der Waals surface area contributed by atoms with Crippen molar-refractivity contribution in [2.24, 2.45) is 0 Å². The Hall–Kier alpha value is -3.74. The number of hydrogen-bond donors (Lipinski definition) is 1. The second kappa shape index (κ2) is 10.5. The molecule has 0 bridgehead atoms. The van der Waals surface area contributed by atoms with Gasteiger partial charge in [0.1, 0.15) is 17.1 Å². The Kier molecular flexibility index (Phi) is 7.21. The fourth-order valence-corrected chi connectivity index (χ4v) is 4.36. The second-order valence-corrected chi connectivity index (χ2v) is 8.35. The summed E-state index contributed by atoms with van der Waals surface area (Å²) in [5.74, 6) is 1.41. The average Bonchev–Trinajstić information content (AvgIpc) is 3.46. The van der Waals surface area contributed by atoms with Gasteiger partial charge in [-0.3, -0.25) is 9.59 Å². The summed E-state index contributed by atoms with van der Waals surface area (Å²) >= 11 is 0. The number of nitrogens with zero attached hydrogens (tertiary/aromatic N) is 1. The van der Waals surface area contributed by atoms with Crippen LogP contribution in [-0.4, -0.2) is 50.6 Å². The summed E-state index contributed by atoms with van der Waals surface area (Å²) < 4.78 is 16.9. The number of carbonyl (C=O) groups excluding carboxylic acids is 2. The zero-order valence-corrected chi connectivity index (χ0v) is 19.8. The first-order valence-electron chi connectivity index (χ1n) is 11.5. The number of furan rings is 1. The van der Waals surface area contributed by atoms with Gasteiger partial charge in [0.25, 0.3) is 0 Å². The van der Waals surface area contributed by atoms with Crippen molar-refractivity contribution >= 4 is 28.4 Å². The lowest BCUT2D eigenvalue weighted by atomic mass is 9.98. The van der Waals surface area contributed by atoms with Crippen molar-refractivity contribution in [3.05, 3.63) is 54.3 Å². The molecule has 0 saturated carbocycles. The molecule has 7 heteroatoms. The normalized spacial score (nSPS) is 14.0. The largest absolute Gasteiger partial charge is 0.496 e. The SMILES string of the molecule is COc1cc2occ(-c3ccccc3OC)c2cc1/C(C)=C/C(=O)NCCCN1CCCC1=O. The minimum Gasteiger partial charge on any atom is -0.496 e. The minimum absolute atomic E-state index is 0.176. The fraction of sp³-hybridized carbons (Fsp3) is 0.333. The van der Waals surface area contributed by atoms with Gasteiger partial charge in [-0.2, -0.15) is 0 Å². The molecule has 0 spiro atoms. The Labute approximate surface area is 199 Å². The zero-order chi connectivity index (χ0) is 24.1. The predicted octanol–water partition coefficient (Wildman–Crippen LogP) is 4.65. The van der Waals surface area contributed by atoms with Crippen LogP contribution in [0.3, 0.4) is 0 Å². The van der Waals surface area contributed by atoms with Gasteiger partial charge in [-0.05, 0) is 37.5 Å². The van der Waals surface area contributed by atoms with Gasteiger partial charge in [0.05, 0.1) is 20.5 Å². The highest BCUT2D eigenvalue weighted by molar-refractivity contribution is 6.01. The lowest BCUT2D eigenvalue weighted by Gasteiger charge is -2.15. The van der Waals surface area contributed by atoms with E-state index in [0.717, 1.165) is 52.8 Å². The van der Waals surface area contributed by atoms with E-state index in [-0.39, 0.29) is 11.8 Å². The number of para-hydroxylation sites is 1. The van der Waals surface area contributed by atoms with Crippen LogP contribution in [0.4, 0.5) is 0 Å². The van der Waals surface area contributed by atoms with Crippen molar-refractivity contribution in [2.45, 2.75) is 26.2 Å². The van der Waals surface area contributed by atoms with Crippen LogP contribution in [0.5, 0.6) is 11.5 Å². The Morgan fingerprint density at radius 1 is 1.15 bits per heavy atom. The van der Waals surface area contributed by atoms with Gasteiger partial charge < -0.3 is 24.1 Å². The van der Waals surface area contributed by atoms with E-state index in [1.807, 2.05) is 48.2 Å². The standard InChI is InChI=1S/C27H30N2O5/c1-18(14-26(30)28-11-7-13-29-12-6-10-27(29)31)20-15-21-22(17-34-25(21)16-24(20)33-3)19-8-4-5-9-23(19)32-2/h4-5,8-9,14-17H,6-7,10-13H2,1-3H3,(H,28,30)/b18-14+. The van der Waals surface area contributed by atoms with Crippen molar-refractivity contribution in [1.82, 2.24) is 10.2 Å². The molecule has 0 unspecified atom stereocenters. The molecule has 7 nitrogen and oxygen atoms in total. The third-order valence-electron chi connectivity index (χ3n) is 6.14. The van der Waals surface area contributed by atoms with E-state index >= 15 is 0 Å². The molecule has 2 amide bonds. The molecule has 1 aromatic heterocycles. The lowest BCUT2D eigenvalue weighted by molar-refractivity contribution is -0.127. The van der Waals surface area contributed by atoms with Gasteiger partial charge in [-0.25, -0.2) is 0 Å². The number of benzene rings is 2. The molecule has 1 saturated heterocycles. The van der Waals surface area contributed by atoms with E-state index < -0.39 is 0 Å². The third-order valence-corrected chi connectivity index (χ3v) is 6.14. The molecule has 178 valence electrons. The molecule has 0 atom stereocenters. The maximum absolute atomic E-state index is 12.5. The van der Waals surface area contributed by atoms with E-state index in [9.17, 15) is 9.59 Å². The van der Waals surface area contributed by atoms with E-state index in [1.54, 1.807) is 26.6 Å². The minimum atomic E-state index is -0.176. The van der Waals surface area contributed by atoms with Crippen molar-refractivity contribution in [1.29, 1.82) is 0 Å². The van der Waals surface area contributed by atoms with Gasteiger partial charge in [0.2, 0.25) is 11.8 Å². The van der Waals surface area contributed by atoms with Crippen molar-refractivity contribution < 1.29 is 23.5 Å². The van der Waals surface area contributed by atoms with Gasteiger partial charge in [-0.1, -0.05) is 18.2 Å². The average molecular weight is 463 g/mol. The molecule has 34 heavy (non-hydrogen) atoms. The number of nitrogens with one attached hydrogen (secondary N) is 1. The molecular weight excluding hydrogens is 432 g/mol. The number of hydrogen-bond acceptors (Lipinski definition) is 5. The van der Waals surface area contributed by atoms with Crippen LogP contribution in [0, 0.1) is 0 Å². The van der Waals surface area contributed by atoms with Crippen molar-refractivity contribution in [3.8, 4) is 22.6 Å². The van der Waals surface area contributed by atoms with Crippen LogP contribution in [0.15, 0.2) is 53.2 Å². The zero-order valence-electron chi connectivity index (χ0n) is 19.8. The molecule has 1 aliphatic rings. The highest BCUT2D eigenvalue weighted by Crippen LogP contribution is 2.40. The maximum atomic E-state index is 12.5. The summed E-state index contributed by atoms with van der Waals surface area (Å²) in [5, 5.41) is 3.82. The topological polar surface area (TPSA) is 81.0 Å². The first-order valence-corrected chi connectivity index (χ1v) is 11.5. The van der Waals surface area contributed by atoms with Gasteiger partial charge >= 0.3 is 0 Å². The quantitative estimate of drug-likeness (QED) is 0.370. The van der Waals surface area contributed by atoms with Crippen LogP contribution in [-0.2, 0) is 9.59 Å². The Balaban J connectivity index is 1.53. The molecule has 3 aromatic rings. The molecule has 1 fully saturated rings. The number of amides is 2. The molecule has 2 aromatic carbocycles. The molecule has 1 aliphatic heterocycles. The fourth-order valence-electron chi connectivity index (χ4n) is 4.36. The highest BCUT2D eigenvalue weighted by Gasteiger charge is 2.19.